The normalized spacial score (nSPS) is 21.3. The fraction of sp³-hybridized carbons (Fsp3) is 0.692. The fourth-order valence-corrected chi connectivity index (χ4v) is 2.82. The first kappa shape index (κ1) is 13.4. The Hall–Kier alpha value is -1.03. The van der Waals surface area contributed by atoms with Crippen LogP contribution in [0.25, 0.3) is 0 Å². The molecule has 0 N–H and O–H groups in total. The summed E-state index contributed by atoms with van der Waals surface area (Å²) in [6.45, 7) is 5.55. The molecule has 1 saturated heterocycles. The van der Waals surface area contributed by atoms with E-state index in [0.29, 0.717) is 18.4 Å². The molecule has 5 heteroatoms. The summed E-state index contributed by atoms with van der Waals surface area (Å²) in [4.78, 5) is 18.7. The number of nitrogens with zero attached hydrogens (tertiary/aromatic N) is 3. The summed E-state index contributed by atoms with van der Waals surface area (Å²) < 4.78 is 1.70. The van der Waals surface area contributed by atoms with Gasteiger partial charge in [-0.3, -0.25) is 4.79 Å². The van der Waals surface area contributed by atoms with Crippen LogP contribution in [-0.4, -0.2) is 27.5 Å². The first-order chi connectivity index (χ1) is 8.63. The van der Waals surface area contributed by atoms with Crippen molar-refractivity contribution in [2.45, 2.75) is 51.1 Å². The molecule has 0 aromatic carbocycles. The molecule has 1 aliphatic heterocycles. The molecule has 1 aromatic heterocycles. The number of rotatable bonds is 4. The minimum atomic E-state index is 0.00845. The summed E-state index contributed by atoms with van der Waals surface area (Å²) in [5.41, 5.74) is 0.00845. The lowest BCUT2D eigenvalue weighted by Crippen LogP contribution is -2.37. The van der Waals surface area contributed by atoms with Gasteiger partial charge in [0.2, 0.25) is 0 Å². The largest absolute Gasteiger partial charge is 0.349 e. The van der Waals surface area contributed by atoms with Gasteiger partial charge < -0.3 is 9.47 Å². The molecule has 100 valence electrons. The summed E-state index contributed by atoms with van der Waals surface area (Å²) in [6, 6.07) is 0.352. The third-order valence-electron chi connectivity index (χ3n) is 3.48. The highest BCUT2D eigenvalue weighted by Gasteiger charge is 2.28. The van der Waals surface area contributed by atoms with Crippen LogP contribution in [0.15, 0.2) is 17.2 Å². The predicted molar refractivity (Wildman–Crippen MR) is 74.5 cm³/mol. The van der Waals surface area contributed by atoms with Crippen molar-refractivity contribution in [2.75, 3.05) is 11.4 Å². The van der Waals surface area contributed by atoms with E-state index in [1.165, 1.54) is 0 Å². The van der Waals surface area contributed by atoms with Crippen molar-refractivity contribution in [1.82, 2.24) is 9.55 Å². The lowest BCUT2D eigenvalue weighted by molar-refractivity contribution is 0.594. The summed E-state index contributed by atoms with van der Waals surface area (Å²) in [5, 5.41) is 0.132. The Bertz CT molecular complexity index is 458. The maximum Gasteiger partial charge on any atom is 0.293 e. The predicted octanol–water partition coefficient (Wildman–Crippen LogP) is 2.25. The summed E-state index contributed by atoms with van der Waals surface area (Å²) in [5.74, 6) is 0.583. The van der Waals surface area contributed by atoms with Crippen molar-refractivity contribution in [2.24, 2.45) is 0 Å². The lowest BCUT2D eigenvalue weighted by Gasteiger charge is -2.26. The van der Waals surface area contributed by atoms with Gasteiger partial charge in [-0.25, -0.2) is 4.98 Å². The van der Waals surface area contributed by atoms with E-state index in [4.69, 9.17) is 11.6 Å². The van der Waals surface area contributed by atoms with E-state index in [2.05, 4.69) is 9.88 Å². The first-order valence-electron chi connectivity index (χ1n) is 6.59. The SMILES string of the molecule is CCn1ccnc(N2CCCC2CC(C)Cl)c1=O. The monoisotopic (exact) mass is 269 g/mol. The van der Waals surface area contributed by atoms with Gasteiger partial charge in [0.25, 0.3) is 5.56 Å². The molecular formula is C13H20ClN3O. The maximum absolute atomic E-state index is 12.2. The average molecular weight is 270 g/mol. The molecule has 2 atom stereocenters. The van der Waals surface area contributed by atoms with Crippen LogP contribution in [0.1, 0.15) is 33.1 Å². The van der Waals surface area contributed by atoms with Crippen molar-refractivity contribution in [3.05, 3.63) is 22.7 Å². The third kappa shape index (κ3) is 2.69. The first-order valence-corrected chi connectivity index (χ1v) is 7.03. The van der Waals surface area contributed by atoms with Gasteiger partial charge in [-0.2, -0.15) is 0 Å². The Balaban J connectivity index is 2.27. The summed E-state index contributed by atoms with van der Waals surface area (Å²) in [6.07, 6.45) is 6.56. The summed E-state index contributed by atoms with van der Waals surface area (Å²) >= 11 is 6.08. The van der Waals surface area contributed by atoms with E-state index in [-0.39, 0.29) is 10.9 Å². The van der Waals surface area contributed by atoms with Crippen LogP contribution in [0.2, 0.25) is 0 Å². The number of hydrogen-bond donors (Lipinski definition) is 0. The number of hydrogen-bond acceptors (Lipinski definition) is 3. The van der Waals surface area contributed by atoms with E-state index in [1.807, 2.05) is 13.8 Å². The Morgan fingerprint density at radius 1 is 1.61 bits per heavy atom. The number of anilines is 1. The molecule has 18 heavy (non-hydrogen) atoms. The fourth-order valence-electron chi connectivity index (χ4n) is 2.62. The van der Waals surface area contributed by atoms with Crippen LogP contribution in [0.4, 0.5) is 5.82 Å². The number of aryl methyl sites for hydroxylation is 1. The topological polar surface area (TPSA) is 38.1 Å². The number of halogens is 1. The van der Waals surface area contributed by atoms with Crippen molar-refractivity contribution in [1.29, 1.82) is 0 Å². The highest BCUT2D eigenvalue weighted by atomic mass is 35.5. The van der Waals surface area contributed by atoms with Crippen LogP contribution in [0.3, 0.4) is 0 Å². The van der Waals surface area contributed by atoms with Crippen molar-refractivity contribution < 1.29 is 0 Å². The molecular weight excluding hydrogens is 250 g/mol. The van der Waals surface area contributed by atoms with Gasteiger partial charge in [-0.15, -0.1) is 11.6 Å². The van der Waals surface area contributed by atoms with Crippen LogP contribution < -0.4 is 10.5 Å². The van der Waals surface area contributed by atoms with Crippen LogP contribution in [0, 0.1) is 0 Å². The Morgan fingerprint density at radius 2 is 2.39 bits per heavy atom. The van der Waals surface area contributed by atoms with Crippen molar-refractivity contribution >= 4 is 17.4 Å². The lowest BCUT2D eigenvalue weighted by atomic mass is 10.1. The second-order valence-corrected chi connectivity index (χ2v) is 5.59. The van der Waals surface area contributed by atoms with E-state index in [0.717, 1.165) is 25.8 Å². The molecule has 0 bridgehead atoms. The van der Waals surface area contributed by atoms with E-state index < -0.39 is 0 Å². The molecule has 2 rings (SSSR count). The minimum absolute atomic E-state index is 0.00845. The Labute approximate surface area is 113 Å². The quantitative estimate of drug-likeness (QED) is 0.787. The van der Waals surface area contributed by atoms with E-state index in [1.54, 1.807) is 17.0 Å². The van der Waals surface area contributed by atoms with Gasteiger partial charge in [0.15, 0.2) is 5.82 Å². The van der Waals surface area contributed by atoms with Crippen LogP contribution in [0.5, 0.6) is 0 Å². The molecule has 0 amide bonds. The Kier molecular flexibility index (Phi) is 4.27. The molecule has 0 aliphatic carbocycles. The molecule has 0 saturated carbocycles. The van der Waals surface area contributed by atoms with E-state index in [9.17, 15) is 4.79 Å². The zero-order valence-corrected chi connectivity index (χ0v) is 11.7. The molecule has 1 aliphatic rings. The molecule has 0 radical (unpaired) electrons. The molecule has 2 unspecified atom stereocenters. The molecule has 1 aromatic rings. The average Bonchev–Trinajstić information content (AvgIpc) is 2.76. The van der Waals surface area contributed by atoms with Gasteiger partial charge in [0.05, 0.1) is 0 Å². The molecule has 4 nitrogen and oxygen atoms in total. The standard InChI is InChI=1S/C13H20ClN3O/c1-3-16-8-6-15-12(13(16)18)17-7-4-5-11(17)9-10(2)14/h6,8,10-11H,3-5,7,9H2,1-2H3. The van der Waals surface area contributed by atoms with Gasteiger partial charge in [0, 0.05) is 36.9 Å². The van der Waals surface area contributed by atoms with Crippen LogP contribution >= 0.6 is 11.6 Å². The maximum atomic E-state index is 12.2. The van der Waals surface area contributed by atoms with E-state index >= 15 is 0 Å². The van der Waals surface area contributed by atoms with Gasteiger partial charge >= 0.3 is 0 Å². The van der Waals surface area contributed by atoms with Gasteiger partial charge in [-0.1, -0.05) is 0 Å². The Morgan fingerprint density at radius 3 is 3.06 bits per heavy atom. The second-order valence-electron chi connectivity index (χ2n) is 4.85. The zero-order chi connectivity index (χ0) is 13.1. The van der Waals surface area contributed by atoms with Crippen molar-refractivity contribution in [3.63, 3.8) is 0 Å². The smallest absolute Gasteiger partial charge is 0.293 e. The number of alkyl halides is 1. The van der Waals surface area contributed by atoms with Gasteiger partial charge in [0.1, 0.15) is 0 Å². The zero-order valence-electron chi connectivity index (χ0n) is 11.0. The highest BCUT2D eigenvalue weighted by molar-refractivity contribution is 6.20. The van der Waals surface area contributed by atoms with Crippen molar-refractivity contribution in [3.8, 4) is 0 Å². The summed E-state index contributed by atoms with van der Waals surface area (Å²) in [7, 11) is 0. The van der Waals surface area contributed by atoms with Crippen LogP contribution in [-0.2, 0) is 6.54 Å². The van der Waals surface area contributed by atoms with Gasteiger partial charge in [-0.05, 0) is 33.1 Å². The minimum Gasteiger partial charge on any atom is -0.349 e. The second kappa shape index (κ2) is 5.74. The third-order valence-corrected chi connectivity index (χ3v) is 3.66. The molecule has 1 fully saturated rings. The highest BCUT2D eigenvalue weighted by Crippen LogP contribution is 2.25. The molecule has 2 heterocycles. The molecule has 0 spiro atoms. The number of aromatic nitrogens is 2.